The predicted molar refractivity (Wildman–Crippen MR) is 72.0 cm³/mol. The topological polar surface area (TPSA) is 36.8 Å². The Morgan fingerprint density at radius 3 is 2.94 bits per heavy atom. The van der Waals surface area contributed by atoms with E-state index in [1.807, 2.05) is 11.8 Å². The van der Waals surface area contributed by atoms with Gasteiger partial charge in [-0.2, -0.15) is 0 Å². The molecule has 0 fully saturated rings. The van der Waals surface area contributed by atoms with Crippen molar-refractivity contribution in [3.05, 3.63) is 10.5 Å². The lowest BCUT2D eigenvalue weighted by atomic mass is 9.98. The van der Waals surface area contributed by atoms with Crippen LogP contribution < -0.4 is 5.32 Å². The van der Waals surface area contributed by atoms with Crippen LogP contribution in [0.4, 0.5) is 0 Å². The number of hydrogen-bond acceptors (Lipinski definition) is 3. The van der Waals surface area contributed by atoms with Crippen LogP contribution in [0.2, 0.25) is 0 Å². The number of amidine groups is 1. The molecule has 88 valence electrons. The molecule has 0 aromatic carbocycles. The molecule has 0 bridgehead atoms. The maximum Gasteiger partial charge on any atom is 0.115 e. The van der Waals surface area contributed by atoms with Gasteiger partial charge in [0.05, 0.1) is 12.3 Å². The van der Waals surface area contributed by atoms with Crippen LogP contribution in [0.15, 0.2) is 20.5 Å². The molecule has 0 saturated carbocycles. The second-order valence-corrected chi connectivity index (χ2v) is 6.10. The SMILES string of the molecule is CC1=C(C)C2C(=NCC(C)C)NC=NC2S1. The van der Waals surface area contributed by atoms with Crippen molar-refractivity contribution < 1.29 is 0 Å². The van der Waals surface area contributed by atoms with Crippen LogP contribution in [0.5, 0.6) is 0 Å². The first kappa shape index (κ1) is 11.7. The van der Waals surface area contributed by atoms with Gasteiger partial charge in [0, 0.05) is 6.54 Å². The Hall–Kier alpha value is -0.770. The summed E-state index contributed by atoms with van der Waals surface area (Å²) in [4.78, 5) is 10.5. The van der Waals surface area contributed by atoms with E-state index in [2.05, 4.69) is 43.0 Å². The standard InChI is InChI=1S/C12H19N3S/c1-7(2)5-13-11-10-8(3)9(4)16-12(10)15-6-14-11/h6-7,10,12H,5H2,1-4H3,(H,13,14,15). The number of rotatable bonds is 2. The highest BCUT2D eigenvalue weighted by molar-refractivity contribution is 8.04. The van der Waals surface area contributed by atoms with Crippen molar-refractivity contribution in [1.29, 1.82) is 0 Å². The predicted octanol–water partition coefficient (Wildman–Crippen LogP) is 2.66. The first-order chi connectivity index (χ1) is 7.59. The van der Waals surface area contributed by atoms with E-state index < -0.39 is 0 Å². The molecule has 0 aromatic heterocycles. The van der Waals surface area contributed by atoms with E-state index in [-0.39, 0.29) is 0 Å². The highest BCUT2D eigenvalue weighted by Gasteiger charge is 2.36. The van der Waals surface area contributed by atoms with Crippen LogP contribution in [-0.2, 0) is 0 Å². The molecule has 1 N–H and O–H groups in total. The summed E-state index contributed by atoms with van der Waals surface area (Å²) in [7, 11) is 0. The Balaban J connectivity index is 2.21. The van der Waals surface area contributed by atoms with Crippen molar-refractivity contribution in [1.82, 2.24) is 5.32 Å². The summed E-state index contributed by atoms with van der Waals surface area (Å²) in [5, 5.41) is 3.52. The maximum absolute atomic E-state index is 4.68. The number of hydrogen-bond donors (Lipinski definition) is 1. The molecular weight excluding hydrogens is 218 g/mol. The summed E-state index contributed by atoms with van der Waals surface area (Å²) in [6, 6.07) is 0. The lowest BCUT2D eigenvalue weighted by Gasteiger charge is -2.24. The number of thioether (sulfide) groups is 1. The van der Waals surface area contributed by atoms with Gasteiger partial charge in [0.25, 0.3) is 0 Å². The van der Waals surface area contributed by atoms with E-state index in [9.17, 15) is 0 Å². The van der Waals surface area contributed by atoms with Gasteiger partial charge in [-0.1, -0.05) is 19.4 Å². The number of nitrogens with one attached hydrogen (secondary N) is 1. The van der Waals surface area contributed by atoms with Crippen molar-refractivity contribution in [2.24, 2.45) is 21.8 Å². The molecule has 16 heavy (non-hydrogen) atoms. The lowest BCUT2D eigenvalue weighted by molar-refractivity contribution is 0.652. The molecule has 0 amide bonds. The minimum atomic E-state index is 0.312. The van der Waals surface area contributed by atoms with Gasteiger partial charge in [-0.15, -0.1) is 11.8 Å². The molecule has 4 heteroatoms. The monoisotopic (exact) mass is 237 g/mol. The lowest BCUT2D eigenvalue weighted by Crippen LogP contribution is -2.39. The smallest absolute Gasteiger partial charge is 0.115 e. The van der Waals surface area contributed by atoms with Crippen LogP contribution in [-0.4, -0.2) is 24.1 Å². The molecule has 0 aromatic rings. The van der Waals surface area contributed by atoms with Gasteiger partial charge in [-0.25, -0.2) is 0 Å². The number of nitrogens with zero attached hydrogens (tertiary/aromatic N) is 2. The Bertz CT molecular complexity index is 368. The third-order valence-electron chi connectivity index (χ3n) is 2.96. The number of aliphatic imine (C=N–C) groups is 2. The van der Waals surface area contributed by atoms with Crippen molar-refractivity contribution in [2.75, 3.05) is 6.54 Å². The highest BCUT2D eigenvalue weighted by Crippen LogP contribution is 2.43. The normalized spacial score (nSPS) is 31.2. The number of allylic oxidation sites excluding steroid dienone is 1. The molecule has 2 atom stereocenters. The van der Waals surface area contributed by atoms with E-state index in [1.165, 1.54) is 10.5 Å². The van der Waals surface area contributed by atoms with Crippen LogP contribution in [0.25, 0.3) is 0 Å². The number of fused-ring (bicyclic) bond motifs is 1. The van der Waals surface area contributed by atoms with Gasteiger partial charge in [0.15, 0.2) is 0 Å². The van der Waals surface area contributed by atoms with Crippen molar-refractivity contribution in [2.45, 2.75) is 33.1 Å². The first-order valence-electron chi connectivity index (χ1n) is 5.76. The fourth-order valence-corrected chi connectivity index (χ4v) is 3.19. The van der Waals surface area contributed by atoms with E-state index in [0.717, 1.165) is 12.4 Å². The van der Waals surface area contributed by atoms with Gasteiger partial charge < -0.3 is 5.32 Å². The summed E-state index contributed by atoms with van der Waals surface area (Å²) in [5.41, 5.74) is 1.42. The van der Waals surface area contributed by atoms with Gasteiger partial charge in [0.2, 0.25) is 0 Å². The van der Waals surface area contributed by atoms with Gasteiger partial charge in [-0.05, 0) is 24.7 Å². The van der Waals surface area contributed by atoms with E-state index in [0.29, 0.717) is 17.2 Å². The zero-order valence-corrected chi connectivity index (χ0v) is 11.1. The quantitative estimate of drug-likeness (QED) is 0.801. The minimum absolute atomic E-state index is 0.312. The molecule has 0 spiro atoms. The first-order valence-corrected chi connectivity index (χ1v) is 6.64. The largest absolute Gasteiger partial charge is 0.335 e. The average molecular weight is 237 g/mol. The third kappa shape index (κ3) is 2.17. The zero-order valence-electron chi connectivity index (χ0n) is 10.3. The Labute approximate surface area is 102 Å². The molecule has 2 aliphatic rings. The third-order valence-corrected chi connectivity index (χ3v) is 4.27. The molecule has 2 unspecified atom stereocenters. The van der Waals surface area contributed by atoms with Crippen molar-refractivity contribution in [3.63, 3.8) is 0 Å². The highest BCUT2D eigenvalue weighted by atomic mass is 32.2. The molecule has 2 heterocycles. The zero-order chi connectivity index (χ0) is 11.7. The molecule has 0 saturated heterocycles. The van der Waals surface area contributed by atoms with Gasteiger partial charge >= 0.3 is 0 Å². The molecule has 0 aliphatic carbocycles. The summed E-state index contributed by atoms with van der Waals surface area (Å²) in [6.07, 6.45) is 1.79. The molecule has 2 rings (SSSR count). The summed E-state index contributed by atoms with van der Waals surface area (Å²) in [5.74, 6) is 2.07. The Morgan fingerprint density at radius 1 is 1.50 bits per heavy atom. The van der Waals surface area contributed by atoms with Crippen molar-refractivity contribution >= 4 is 23.9 Å². The van der Waals surface area contributed by atoms with Crippen LogP contribution in [0.3, 0.4) is 0 Å². The summed E-state index contributed by atoms with van der Waals surface area (Å²) in [6.45, 7) is 9.64. The van der Waals surface area contributed by atoms with E-state index in [4.69, 9.17) is 0 Å². The fraction of sp³-hybridized carbons (Fsp3) is 0.667. The van der Waals surface area contributed by atoms with Crippen molar-refractivity contribution in [3.8, 4) is 0 Å². The second-order valence-electron chi connectivity index (χ2n) is 4.77. The van der Waals surface area contributed by atoms with E-state index >= 15 is 0 Å². The average Bonchev–Trinajstić information content (AvgIpc) is 2.52. The molecule has 0 radical (unpaired) electrons. The van der Waals surface area contributed by atoms with Crippen LogP contribution >= 0.6 is 11.8 Å². The minimum Gasteiger partial charge on any atom is -0.335 e. The van der Waals surface area contributed by atoms with E-state index in [1.54, 1.807) is 6.34 Å². The molecule has 2 aliphatic heterocycles. The summed E-state index contributed by atoms with van der Waals surface area (Å²) >= 11 is 1.86. The maximum atomic E-state index is 4.68. The Kier molecular flexibility index (Phi) is 3.38. The second kappa shape index (κ2) is 4.62. The summed E-state index contributed by atoms with van der Waals surface area (Å²) < 4.78 is 0. The molecule has 3 nitrogen and oxygen atoms in total. The van der Waals surface area contributed by atoms with Gasteiger partial charge in [0.1, 0.15) is 11.2 Å². The van der Waals surface area contributed by atoms with Crippen LogP contribution in [0.1, 0.15) is 27.7 Å². The fourth-order valence-electron chi connectivity index (χ4n) is 1.92. The Morgan fingerprint density at radius 2 is 2.25 bits per heavy atom. The molecular formula is C12H19N3S. The van der Waals surface area contributed by atoms with Gasteiger partial charge in [-0.3, -0.25) is 9.98 Å². The van der Waals surface area contributed by atoms with Crippen LogP contribution in [0, 0.1) is 11.8 Å².